The van der Waals surface area contributed by atoms with Gasteiger partial charge < -0.3 is 10.1 Å². The van der Waals surface area contributed by atoms with Crippen molar-refractivity contribution in [2.24, 2.45) is 0 Å². The minimum Gasteiger partial charge on any atom is -0.491 e. The monoisotopic (exact) mass is 387 g/mol. The van der Waals surface area contributed by atoms with E-state index in [1.807, 2.05) is 31.2 Å². The normalized spacial score (nSPS) is 14.5. The van der Waals surface area contributed by atoms with Gasteiger partial charge in [-0.05, 0) is 30.0 Å². The first-order valence-corrected chi connectivity index (χ1v) is 10.0. The van der Waals surface area contributed by atoms with Crippen LogP contribution in [0.2, 0.25) is 0 Å². The summed E-state index contributed by atoms with van der Waals surface area (Å²) in [7, 11) is 0. The second-order valence-corrected chi connectivity index (χ2v) is 8.78. The van der Waals surface area contributed by atoms with E-state index in [1.165, 1.54) is 23.5 Å². The quantitative estimate of drug-likeness (QED) is 0.799. The number of thioether (sulfide) groups is 1. The third kappa shape index (κ3) is 4.53. The molecule has 0 radical (unpaired) electrons. The molecule has 0 spiro atoms. The molecule has 2 aromatic rings. The summed E-state index contributed by atoms with van der Waals surface area (Å²) in [5, 5.41) is 3.48. The second kappa shape index (κ2) is 7.76. The maximum absolute atomic E-state index is 12.4. The molecule has 0 saturated heterocycles. The molecule has 1 aromatic heterocycles. The van der Waals surface area contributed by atoms with Gasteiger partial charge in [-0.15, -0.1) is 0 Å². The van der Waals surface area contributed by atoms with E-state index in [-0.39, 0.29) is 22.6 Å². The van der Waals surface area contributed by atoms with Crippen LogP contribution >= 0.6 is 11.8 Å². The van der Waals surface area contributed by atoms with E-state index in [4.69, 9.17) is 4.74 Å². The SMILES string of the molecule is CC(COc1ccc(C(C)(C)C)cc1)NC(=O)c1cnc2n(c1=O)CCS2. The molecule has 1 amide bonds. The lowest BCUT2D eigenvalue weighted by atomic mass is 9.87. The van der Waals surface area contributed by atoms with E-state index in [0.717, 1.165) is 11.5 Å². The molecule has 27 heavy (non-hydrogen) atoms. The number of nitrogens with one attached hydrogen (secondary N) is 1. The highest BCUT2D eigenvalue weighted by molar-refractivity contribution is 7.99. The standard InChI is InChI=1S/C20H25N3O3S/c1-13(12-26-15-7-5-14(6-8-15)20(2,3)4)22-17(24)16-11-21-19-23(18(16)25)9-10-27-19/h5-8,11,13H,9-10,12H2,1-4H3,(H,22,24). The smallest absolute Gasteiger partial charge is 0.267 e. The highest BCUT2D eigenvalue weighted by atomic mass is 32.2. The maximum atomic E-state index is 12.4. The van der Waals surface area contributed by atoms with Crippen molar-refractivity contribution in [3.63, 3.8) is 0 Å². The predicted octanol–water partition coefficient (Wildman–Crippen LogP) is 2.84. The van der Waals surface area contributed by atoms with Crippen LogP contribution in [0.3, 0.4) is 0 Å². The van der Waals surface area contributed by atoms with E-state index >= 15 is 0 Å². The van der Waals surface area contributed by atoms with Gasteiger partial charge in [0.05, 0.1) is 6.04 Å². The summed E-state index contributed by atoms with van der Waals surface area (Å²) in [4.78, 5) is 29.0. The van der Waals surface area contributed by atoms with Crippen LogP contribution in [0.4, 0.5) is 0 Å². The summed E-state index contributed by atoms with van der Waals surface area (Å²) in [5.41, 5.74) is 1.12. The first kappa shape index (κ1) is 19.5. The van der Waals surface area contributed by atoms with Crippen molar-refractivity contribution in [2.75, 3.05) is 12.4 Å². The Kier molecular flexibility index (Phi) is 5.60. The fourth-order valence-electron chi connectivity index (χ4n) is 2.79. The van der Waals surface area contributed by atoms with Gasteiger partial charge >= 0.3 is 0 Å². The minimum atomic E-state index is -0.418. The molecular formula is C20H25N3O3S. The van der Waals surface area contributed by atoms with Gasteiger partial charge in [-0.3, -0.25) is 14.2 Å². The molecule has 1 aliphatic heterocycles. The van der Waals surface area contributed by atoms with Crippen LogP contribution in [0.15, 0.2) is 40.4 Å². The number of ether oxygens (including phenoxy) is 1. The summed E-state index contributed by atoms with van der Waals surface area (Å²) in [6.07, 6.45) is 1.36. The van der Waals surface area contributed by atoms with Gasteiger partial charge in [0.1, 0.15) is 17.9 Å². The van der Waals surface area contributed by atoms with Crippen LogP contribution in [0, 0.1) is 0 Å². The average Bonchev–Trinajstić information content (AvgIpc) is 3.09. The number of rotatable bonds is 5. The van der Waals surface area contributed by atoms with Gasteiger partial charge in [0.15, 0.2) is 5.16 Å². The highest BCUT2D eigenvalue weighted by Gasteiger charge is 2.21. The molecule has 1 unspecified atom stereocenters. The zero-order chi connectivity index (χ0) is 19.6. The Hall–Kier alpha value is -2.28. The Morgan fingerprint density at radius 3 is 2.70 bits per heavy atom. The first-order chi connectivity index (χ1) is 12.8. The van der Waals surface area contributed by atoms with Gasteiger partial charge in [-0.25, -0.2) is 4.98 Å². The molecule has 6 nitrogen and oxygen atoms in total. The fraction of sp³-hybridized carbons (Fsp3) is 0.450. The molecular weight excluding hydrogens is 362 g/mol. The van der Waals surface area contributed by atoms with Crippen LogP contribution < -0.4 is 15.6 Å². The number of carbonyl (C=O) groups excluding carboxylic acids is 1. The highest BCUT2D eigenvalue weighted by Crippen LogP contribution is 2.24. The molecule has 1 aliphatic rings. The summed E-state index contributed by atoms with van der Waals surface area (Å²) in [5.74, 6) is 1.14. The number of aromatic nitrogens is 2. The summed E-state index contributed by atoms with van der Waals surface area (Å²) in [6, 6.07) is 7.72. The largest absolute Gasteiger partial charge is 0.491 e. The Bertz CT molecular complexity index is 885. The van der Waals surface area contributed by atoms with E-state index in [2.05, 4.69) is 31.1 Å². The Morgan fingerprint density at radius 2 is 2.04 bits per heavy atom. The Labute approximate surface area is 163 Å². The van der Waals surface area contributed by atoms with Crippen molar-refractivity contribution in [1.82, 2.24) is 14.9 Å². The van der Waals surface area contributed by atoms with E-state index in [0.29, 0.717) is 18.3 Å². The van der Waals surface area contributed by atoms with Crippen molar-refractivity contribution in [1.29, 1.82) is 0 Å². The predicted molar refractivity (Wildman–Crippen MR) is 107 cm³/mol. The van der Waals surface area contributed by atoms with Gasteiger partial charge in [0.2, 0.25) is 0 Å². The van der Waals surface area contributed by atoms with Gasteiger partial charge in [0, 0.05) is 18.5 Å². The molecule has 3 rings (SSSR count). The number of benzene rings is 1. The van der Waals surface area contributed by atoms with Crippen molar-refractivity contribution in [3.05, 3.63) is 51.9 Å². The van der Waals surface area contributed by atoms with Gasteiger partial charge in [-0.2, -0.15) is 0 Å². The molecule has 0 bridgehead atoms. The van der Waals surface area contributed by atoms with Crippen LogP contribution in [-0.4, -0.2) is 33.9 Å². The number of hydrogen-bond acceptors (Lipinski definition) is 5. The van der Waals surface area contributed by atoms with Crippen LogP contribution in [0.25, 0.3) is 0 Å². The van der Waals surface area contributed by atoms with E-state index in [9.17, 15) is 9.59 Å². The molecule has 1 atom stereocenters. The van der Waals surface area contributed by atoms with Crippen LogP contribution in [0.5, 0.6) is 5.75 Å². The van der Waals surface area contributed by atoms with Crippen LogP contribution in [0.1, 0.15) is 43.6 Å². The molecule has 1 N–H and O–H groups in total. The number of nitrogens with zero attached hydrogens (tertiary/aromatic N) is 2. The maximum Gasteiger partial charge on any atom is 0.267 e. The number of hydrogen-bond donors (Lipinski definition) is 1. The molecule has 0 saturated carbocycles. The molecule has 2 heterocycles. The third-order valence-electron chi connectivity index (χ3n) is 4.40. The lowest BCUT2D eigenvalue weighted by Gasteiger charge is -2.20. The summed E-state index contributed by atoms with van der Waals surface area (Å²) < 4.78 is 7.31. The molecule has 0 fully saturated rings. The minimum absolute atomic E-state index is 0.0719. The van der Waals surface area contributed by atoms with E-state index < -0.39 is 5.91 Å². The number of carbonyl (C=O) groups is 1. The van der Waals surface area contributed by atoms with Crippen molar-refractivity contribution in [3.8, 4) is 5.75 Å². The van der Waals surface area contributed by atoms with Crippen LogP contribution in [-0.2, 0) is 12.0 Å². The lowest BCUT2D eigenvalue weighted by molar-refractivity contribution is 0.0923. The molecule has 144 valence electrons. The van der Waals surface area contributed by atoms with Crippen molar-refractivity contribution >= 4 is 17.7 Å². The summed E-state index contributed by atoms with van der Waals surface area (Å²) in [6.45, 7) is 9.24. The number of amides is 1. The fourth-order valence-corrected chi connectivity index (χ4v) is 3.70. The van der Waals surface area contributed by atoms with Crippen molar-refractivity contribution in [2.45, 2.75) is 50.9 Å². The molecule has 7 heteroatoms. The van der Waals surface area contributed by atoms with Gasteiger partial charge in [-0.1, -0.05) is 44.7 Å². The topological polar surface area (TPSA) is 73.2 Å². The van der Waals surface area contributed by atoms with Gasteiger partial charge in [0.25, 0.3) is 11.5 Å². The van der Waals surface area contributed by atoms with Crippen molar-refractivity contribution < 1.29 is 9.53 Å². The number of fused-ring (bicyclic) bond motifs is 1. The molecule has 0 aliphatic carbocycles. The second-order valence-electron chi connectivity index (χ2n) is 7.72. The zero-order valence-corrected chi connectivity index (χ0v) is 16.9. The molecule has 1 aromatic carbocycles. The Morgan fingerprint density at radius 1 is 1.33 bits per heavy atom. The Balaban J connectivity index is 1.57. The average molecular weight is 388 g/mol. The third-order valence-corrected chi connectivity index (χ3v) is 5.37. The summed E-state index contributed by atoms with van der Waals surface area (Å²) >= 11 is 1.52. The lowest BCUT2D eigenvalue weighted by Crippen LogP contribution is -2.40. The van der Waals surface area contributed by atoms with E-state index in [1.54, 1.807) is 4.57 Å². The first-order valence-electron chi connectivity index (χ1n) is 9.02. The zero-order valence-electron chi connectivity index (χ0n) is 16.1.